The van der Waals surface area contributed by atoms with Crippen LogP contribution in [0.2, 0.25) is 0 Å². The van der Waals surface area contributed by atoms with Crippen molar-refractivity contribution in [3.63, 3.8) is 0 Å². The van der Waals surface area contributed by atoms with Gasteiger partial charge in [0.2, 0.25) is 5.88 Å². The first-order valence-corrected chi connectivity index (χ1v) is 10.0. The van der Waals surface area contributed by atoms with E-state index in [9.17, 15) is 4.39 Å². The van der Waals surface area contributed by atoms with Gasteiger partial charge in [-0.25, -0.2) is 9.37 Å². The summed E-state index contributed by atoms with van der Waals surface area (Å²) >= 11 is 0. The second kappa shape index (κ2) is 9.09. The molecule has 6 nitrogen and oxygen atoms in total. The molecule has 0 aliphatic carbocycles. The number of halogens is 1. The fourth-order valence-electron chi connectivity index (χ4n) is 3.49. The molecule has 1 aliphatic heterocycles. The van der Waals surface area contributed by atoms with E-state index in [2.05, 4.69) is 20.6 Å². The molecule has 0 bridgehead atoms. The van der Waals surface area contributed by atoms with Gasteiger partial charge in [-0.2, -0.15) is 4.98 Å². The minimum atomic E-state index is -0.319. The monoisotopic (exact) mass is 408 g/mol. The molecule has 0 saturated carbocycles. The number of ether oxygens (including phenoxy) is 2. The van der Waals surface area contributed by atoms with Crippen LogP contribution in [0.15, 0.2) is 48.7 Å². The molecular formula is C23H25FN4O2. The minimum Gasteiger partial charge on any atom is -0.497 e. The molecular weight excluding hydrogens is 383 g/mol. The number of aromatic nitrogens is 2. The predicted molar refractivity (Wildman–Crippen MR) is 115 cm³/mol. The molecule has 156 valence electrons. The largest absolute Gasteiger partial charge is 0.497 e. The first kappa shape index (κ1) is 20.1. The van der Waals surface area contributed by atoms with Crippen molar-refractivity contribution in [2.75, 3.05) is 25.5 Å². The lowest BCUT2D eigenvalue weighted by molar-refractivity contribution is 0.412. The summed E-state index contributed by atoms with van der Waals surface area (Å²) in [6.45, 7) is 3.63. The Labute approximate surface area is 175 Å². The van der Waals surface area contributed by atoms with Crippen LogP contribution in [0.1, 0.15) is 18.4 Å². The number of nitrogens with zero attached hydrogens (tertiary/aromatic N) is 2. The van der Waals surface area contributed by atoms with Crippen LogP contribution in [0.25, 0.3) is 11.4 Å². The summed E-state index contributed by atoms with van der Waals surface area (Å²) in [4.78, 5) is 9.04. The third-order valence-corrected chi connectivity index (χ3v) is 5.03. The van der Waals surface area contributed by atoms with Crippen LogP contribution in [-0.4, -0.2) is 36.2 Å². The highest BCUT2D eigenvalue weighted by Gasteiger charge is 2.17. The second-order valence-electron chi connectivity index (χ2n) is 7.38. The molecule has 7 heteroatoms. The molecule has 0 spiro atoms. The van der Waals surface area contributed by atoms with Crippen molar-refractivity contribution in [3.05, 3.63) is 60.0 Å². The normalized spacial score (nSPS) is 15.8. The second-order valence-corrected chi connectivity index (χ2v) is 7.38. The van der Waals surface area contributed by atoms with Crippen LogP contribution >= 0.6 is 0 Å². The van der Waals surface area contributed by atoms with E-state index in [0.717, 1.165) is 30.8 Å². The van der Waals surface area contributed by atoms with Crippen LogP contribution in [0, 0.1) is 12.7 Å². The van der Waals surface area contributed by atoms with Crippen molar-refractivity contribution in [1.29, 1.82) is 0 Å². The van der Waals surface area contributed by atoms with Crippen molar-refractivity contribution in [2.45, 2.75) is 25.8 Å². The number of anilines is 1. The first-order valence-electron chi connectivity index (χ1n) is 10.0. The van der Waals surface area contributed by atoms with E-state index in [4.69, 9.17) is 9.47 Å². The van der Waals surface area contributed by atoms with E-state index in [0.29, 0.717) is 34.7 Å². The minimum absolute atomic E-state index is 0.319. The highest BCUT2D eigenvalue weighted by atomic mass is 19.1. The van der Waals surface area contributed by atoms with Gasteiger partial charge in [0.05, 0.1) is 13.3 Å². The maximum Gasteiger partial charge on any atom is 0.246 e. The standard InChI is InChI=1S/C23H25FN4O2/c1-15-10-16(12-17(24)11-15)22-27-14-21(26-13-18-4-3-9-25-18)23(28-22)30-20-7-5-19(29-2)6-8-20/h5-8,10-12,14,18,25-26H,3-4,9,13H2,1-2H3/t18-/m0/s1. The molecule has 2 heterocycles. The third-order valence-electron chi connectivity index (χ3n) is 5.03. The Morgan fingerprint density at radius 1 is 1.17 bits per heavy atom. The van der Waals surface area contributed by atoms with Gasteiger partial charge in [0.1, 0.15) is 23.0 Å². The number of benzene rings is 2. The highest BCUT2D eigenvalue weighted by molar-refractivity contribution is 5.61. The van der Waals surface area contributed by atoms with Crippen LogP contribution in [0.4, 0.5) is 10.1 Å². The summed E-state index contributed by atoms with van der Waals surface area (Å²) in [6, 6.07) is 12.4. The lowest BCUT2D eigenvalue weighted by Crippen LogP contribution is -2.29. The third kappa shape index (κ3) is 4.86. The van der Waals surface area contributed by atoms with Gasteiger partial charge in [0.25, 0.3) is 0 Å². The Balaban J connectivity index is 1.63. The van der Waals surface area contributed by atoms with Gasteiger partial charge in [-0.05, 0) is 74.3 Å². The maximum atomic E-state index is 13.9. The first-order chi connectivity index (χ1) is 14.6. The van der Waals surface area contributed by atoms with Gasteiger partial charge >= 0.3 is 0 Å². The van der Waals surface area contributed by atoms with Gasteiger partial charge in [-0.3, -0.25) is 0 Å². The SMILES string of the molecule is COc1ccc(Oc2nc(-c3cc(C)cc(F)c3)ncc2NC[C@@H]2CCCN2)cc1. The number of hydrogen-bond donors (Lipinski definition) is 2. The fourth-order valence-corrected chi connectivity index (χ4v) is 3.49. The summed E-state index contributed by atoms with van der Waals surface area (Å²) in [5.41, 5.74) is 2.10. The van der Waals surface area contributed by atoms with E-state index in [-0.39, 0.29) is 5.82 Å². The lowest BCUT2D eigenvalue weighted by atomic mass is 10.1. The van der Waals surface area contributed by atoms with E-state index in [1.54, 1.807) is 13.3 Å². The quantitative estimate of drug-likeness (QED) is 0.598. The molecule has 0 amide bonds. The zero-order valence-corrected chi connectivity index (χ0v) is 17.1. The van der Waals surface area contributed by atoms with E-state index < -0.39 is 0 Å². The molecule has 4 rings (SSSR count). The smallest absolute Gasteiger partial charge is 0.246 e. The van der Waals surface area contributed by atoms with Crippen molar-refractivity contribution in [3.8, 4) is 28.8 Å². The van der Waals surface area contributed by atoms with Crippen molar-refractivity contribution in [1.82, 2.24) is 15.3 Å². The van der Waals surface area contributed by atoms with Gasteiger partial charge < -0.3 is 20.1 Å². The predicted octanol–water partition coefficient (Wildman–Crippen LogP) is 4.56. The van der Waals surface area contributed by atoms with Gasteiger partial charge in [-0.15, -0.1) is 0 Å². The summed E-state index contributed by atoms with van der Waals surface area (Å²) in [5.74, 6) is 1.85. The number of methoxy groups -OCH3 is 1. The number of rotatable bonds is 7. The number of nitrogens with one attached hydrogen (secondary N) is 2. The van der Waals surface area contributed by atoms with Gasteiger partial charge in [0.15, 0.2) is 5.82 Å². The molecule has 1 saturated heterocycles. The molecule has 30 heavy (non-hydrogen) atoms. The van der Waals surface area contributed by atoms with Crippen molar-refractivity contribution < 1.29 is 13.9 Å². The van der Waals surface area contributed by atoms with E-state index >= 15 is 0 Å². The van der Waals surface area contributed by atoms with Crippen LogP contribution in [0.5, 0.6) is 17.4 Å². The molecule has 1 fully saturated rings. The zero-order valence-electron chi connectivity index (χ0n) is 17.1. The van der Waals surface area contributed by atoms with Crippen LogP contribution in [-0.2, 0) is 0 Å². The summed E-state index contributed by atoms with van der Waals surface area (Å²) in [5, 5.41) is 6.85. The molecule has 0 radical (unpaired) electrons. The van der Waals surface area contributed by atoms with Crippen molar-refractivity contribution >= 4 is 5.69 Å². The fraction of sp³-hybridized carbons (Fsp3) is 0.304. The zero-order chi connectivity index (χ0) is 20.9. The van der Waals surface area contributed by atoms with Crippen LogP contribution < -0.4 is 20.1 Å². The maximum absolute atomic E-state index is 13.9. The Bertz CT molecular complexity index is 984. The van der Waals surface area contributed by atoms with Gasteiger partial charge in [-0.1, -0.05) is 0 Å². The average Bonchev–Trinajstić information content (AvgIpc) is 3.26. The topological polar surface area (TPSA) is 68.3 Å². The molecule has 1 atom stereocenters. The molecule has 3 aromatic rings. The summed E-state index contributed by atoms with van der Waals surface area (Å²) in [6.07, 6.45) is 4.00. The Kier molecular flexibility index (Phi) is 6.09. The Hall–Kier alpha value is -3.19. The average molecular weight is 408 g/mol. The lowest BCUT2D eigenvalue weighted by Gasteiger charge is -2.16. The van der Waals surface area contributed by atoms with Crippen molar-refractivity contribution in [2.24, 2.45) is 0 Å². The Morgan fingerprint density at radius 2 is 1.97 bits per heavy atom. The highest BCUT2D eigenvalue weighted by Crippen LogP contribution is 2.31. The summed E-state index contributed by atoms with van der Waals surface area (Å²) in [7, 11) is 1.62. The molecule has 2 N–H and O–H groups in total. The van der Waals surface area contributed by atoms with Crippen LogP contribution in [0.3, 0.4) is 0 Å². The molecule has 1 aromatic heterocycles. The number of hydrogen-bond acceptors (Lipinski definition) is 6. The molecule has 0 unspecified atom stereocenters. The molecule has 2 aromatic carbocycles. The Morgan fingerprint density at radius 3 is 2.67 bits per heavy atom. The summed E-state index contributed by atoms with van der Waals surface area (Å²) < 4.78 is 25.2. The number of aryl methyl sites for hydroxylation is 1. The van der Waals surface area contributed by atoms with Gasteiger partial charge in [0, 0.05) is 18.2 Å². The van der Waals surface area contributed by atoms with E-state index in [1.807, 2.05) is 37.3 Å². The molecule has 1 aliphatic rings. The van der Waals surface area contributed by atoms with E-state index in [1.165, 1.54) is 18.6 Å².